The lowest BCUT2D eigenvalue weighted by molar-refractivity contribution is -0.384. The molecule has 3 N–H and O–H groups in total. The Hall–Kier alpha value is -3.41. The number of non-ortho nitro benzene ring substituents is 1. The number of tetrazole rings is 1. The number of H-pyrrole nitrogens is 1. The zero-order valence-electron chi connectivity index (χ0n) is 11.1. The molecule has 0 bridgehead atoms. The second-order valence-corrected chi connectivity index (χ2v) is 5.06. The maximum atomic E-state index is 12.0. The number of carbonyl (C=O) groups is 1. The fraction of sp³-hybridized carbons (Fsp3) is 0. The van der Waals surface area contributed by atoms with Gasteiger partial charge in [-0.05, 0) is 16.5 Å². The first kappa shape index (κ1) is 14.5. The lowest BCUT2D eigenvalue weighted by Gasteiger charge is -2.00. The molecular weight excluding hydrogens is 326 g/mol. The van der Waals surface area contributed by atoms with E-state index in [2.05, 4.69) is 30.9 Å². The molecule has 0 aliphatic carbocycles. The van der Waals surface area contributed by atoms with Crippen LogP contribution in [0.25, 0.3) is 10.6 Å². The summed E-state index contributed by atoms with van der Waals surface area (Å²) in [5, 5.41) is 37.2. The number of hydrogen-bond donors (Lipinski definition) is 3. The largest absolute Gasteiger partial charge is 0.507 e. The summed E-state index contributed by atoms with van der Waals surface area (Å²) in [6.07, 6.45) is 0. The standard InChI is InChI=1S/C11H7N7O4S/c19-8-2-1-5(18(21)22)3-6(8)10-12-7(4-23-10)9(20)13-11-14-16-17-15-11/h1-4,19H,(H2,13,14,15,16,17,20). The molecule has 1 aromatic carbocycles. The predicted molar refractivity (Wildman–Crippen MR) is 78.0 cm³/mol. The molecule has 0 spiro atoms. The molecule has 23 heavy (non-hydrogen) atoms. The molecule has 1 amide bonds. The number of amides is 1. The number of thiazole rings is 1. The Morgan fingerprint density at radius 3 is 2.96 bits per heavy atom. The van der Waals surface area contributed by atoms with E-state index in [0.29, 0.717) is 0 Å². The molecule has 0 aliphatic heterocycles. The molecule has 12 heteroatoms. The van der Waals surface area contributed by atoms with Crippen LogP contribution in [0.1, 0.15) is 10.5 Å². The number of anilines is 1. The van der Waals surface area contributed by atoms with Gasteiger partial charge in [-0.3, -0.25) is 20.2 Å². The Kier molecular flexibility index (Phi) is 3.64. The van der Waals surface area contributed by atoms with Gasteiger partial charge in [0.15, 0.2) is 0 Å². The Balaban J connectivity index is 1.88. The van der Waals surface area contributed by atoms with Crippen LogP contribution in [0.15, 0.2) is 23.6 Å². The number of benzene rings is 1. The molecule has 0 aliphatic rings. The molecule has 0 saturated heterocycles. The van der Waals surface area contributed by atoms with Crippen molar-refractivity contribution in [1.29, 1.82) is 0 Å². The molecular formula is C11H7N7O4S. The third-order valence-electron chi connectivity index (χ3n) is 2.74. The van der Waals surface area contributed by atoms with Gasteiger partial charge in [0.2, 0.25) is 5.95 Å². The van der Waals surface area contributed by atoms with Gasteiger partial charge in [-0.15, -0.1) is 11.3 Å². The third-order valence-corrected chi connectivity index (χ3v) is 3.61. The average molecular weight is 333 g/mol. The van der Waals surface area contributed by atoms with Gasteiger partial charge in [0.05, 0.1) is 10.5 Å². The zero-order chi connectivity index (χ0) is 16.4. The van der Waals surface area contributed by atoms with Gasteiger partial charge < -0.3 is 5.11 Å². The van der Waals surface area contributed by atoms with E-state index in [9.17, 15) is 20.0 Å². The monoisotopic (exact) mass is 333 g/mol. The first-order valence-corrected chi connectivity index (χ1v) is 6.91. The molecule has 0 saturated carbocycles. The lowest BCUT2D eigenvalue weighted by Crippen LogP contribution is -2.13. The van der Waals surface area contributed by atoms with Crippen molar-refractivity contribution < 1.29 is 14.8 Å². The van der Waals surface area contributed by atoms with Crippen molar-refractivity contribution in [1.82, 2.24) is 25.6 Å². The summed E-state index contributed by atoms with van der Waals surface area (Å²) >= 11 is 1.06. The van der Waals surface area contributed by atoms with Crippen LogP contribution in [-0.4, -0.2) is 41.5 Å². The van der Waals surface area contributed by atoms with E-state index >= 15 is 0 Å². The van der Waals surface area contributed by atoms with E-state index in [1.54, 1.807) is 0 Å². The van der Waals surface area contributed by atoms with Gasteiger partial charge in [0.25, 0.3) is 11.6 Å². The summed E-state index contributed by atoms with van der Waals surface area (Å²) in [6.45, 7) is 0. The lowest BCUT2D eigenvalue weighted by atomic mass is 10.2. The van der Waals surface area contributed by atoms with Gasteiger partial charge in [-0.1, -0.05) is 5.10 Å². The number of aromatic hydroxyl groups is 1. The van der Waals surface area contributed by atoms with Crippen molar-refractivity contribution in [3.8, 4) is 16.3 Å². The highest BCUT2D eigenvalue weighted by Gasteiger charge is 2.17. The van der Waals surface area contributed by atoms with Crippen LogP contribution in [-0.2, 0) is 0 Å². The normalized spacial score (nSPS) is 10.4. The molecule has 3 aromatic rings. The number of aromatic nitrogens is 5. The number of phenolic OH excluding ortho intramolecular Hbond substituents is 1. The van der Waals surface area contributed by atoms with E-state index in [-0.39, 0.29) is 33.7 Å². The number of nitrogens with one attached hydrogen (secondary N) is 2. The topological polar surface area (TPSA) is 160 Å². The summed E-state index contributed by atoms with van der Waals surface area (Å²) < 4.78 is 0. The summed E-state index contributed by atoms with van der Waals surface area (Å²) in [5.41, 5.74) is 0.0450. The molecule has 116 valence electrons. The highest BCUT2D eigenvalue weighted by molar-refractivity contribution is 7.13. The Morgan fingerprint density at radius 1 is 1.43 bits per heavy atom. The predicted octanol–water partition coefficient (Wildman–Crippen LogP) is 1.19. The Labute approximate surface area is 131 Å². The summed E-state index contributed by atoms with van der Waals surface area (Å²) in [7, 11) is 0. The average Bonchev–Trinajstić information content (AvgIpc) is 3.18. The highest BCUT2D eigenvalue weighted by Crippen LogP contribution is 2.34. The van der Waals surface area contributed by atoms with Gasteiger partial charge in [0.1, 0.15) is 16.5 Å². The number of rotatable bonds is 4. The minimum atomic E-state index is -0.582. The highest BCUT2D eigenvalue weighted by atomic mass is 32.1. The van der Waals surface area contributed by atoms with E-state index in [4.69, 9.17) is 0 Å². The van der Waals surface area contributed by atoms with Crippen LogP contribution in [0.5, 0.6) is 5.75 Å². The molecule has 2 heterocycles. The SMILES string of the molecule is O=C(Nc1nnn[nH]1)c1csc(-c2cc([N+](=O)[O-])ccc2O)n1. The number of nitro benzene ring substituents is 1. The van der Waals surface area contributed by atoms with Crippen molar-refractivity contribution in [2.24, 2.45) is 0 Å². The maximum absolute atomic E-state index is 12.0. The molecule has 2 aromatic heterocycles. The van der Waals surface area contributed by atoms with E-state index < -0.39 is 10.8 Å². The van der Waals surface area contributed by atoms with Crippen molar-refractivity contribution >= 4 is 28.9 Å². The second kappa shape index (κ2) is 5.76. The maximum Gasteiger partial charge on any atom is 0.277 e. The van der Waals surface area contributed by atoms with Gasteiger partial charge in [-0.25, -0.2) is 10.1 Å². The van der Waals surface area contributed by atoms with E-state index in [0.717, 1.165) is 11.3 Å². The van der Waals surface area contributed by atoms with E-state index in [1.807, 2.05) is 0 Å². The second-order valence-electron chi connectivity index (χ2n) is 4.20. The summed E-state index contributed by atoms with van der Waals surface area (Å²) in [6, 6.07) is 3.57. The summed E-state index contributed by atoms with van der Waals surface area (Å²) in [5.74, 6) is -0.671. The van der Waals surface area contributed by atoms with Crippen molar-refractivity contribution in [3.63, 3.8) is 0 Å². The van der Waals surface area contributed by atoms with Gasteiger partial charge in [0, 0.05) is 17.5 Å². The first-order chi connectivity index (χ1) is 11.0. The number of aromatic amines is 1. The molecule has 0 radical (unpaired) electrons. The molecule has 3 rings (SSSR count). The number of nitro groups is 1. The quantitative estimate of drug-likeness (QED) is 0.474. The van der Waals surface area contributed by atoms with Gasteiger partial charge >= 0.3 is 0 Å². The zero-order valence-corrected chi connectivity index (χ0v) is 11.9. The minimum absolute atomic E-state index is 0.0581. The smallest absolute Gasteiger partial charge is 0.277 e. The van der Waals surface area contributed by atoms with E-state index in [1.165, 1.54) is 23.6 Å². The van der Waals surface area contributed by atoms with Crippen LogP contribution in [0.2, 0.25) is 0 Å². The number of nitrogens with zero attached hydrogens (tertiary/aromatic N) is 5. The minimum Gasteiger partial charge on any atom is -0.507 e. The molecule has 11 nitrogen and oxygen atoms in total. The Bertz CT molecular complexity index is 876. The van der Waals surface area contributed by atoms with Crippen LogP contribution in [0.4, 0.5) is 11.6 Å². The number of hydrogen-bond acceptors (Lipinski definition) is 9. The fourth-order valence-electron chi connectivity index (χ4n) is 1.69. The van der Waals surface area contributed by atoms with Crippen molar-refractivity contribution in [2.75, 3.05) is 5.32 Å². The molecule has 0 unspecified atom stereocenters. The third kappa shape index (κ3) is 2.96. The van der Waals surface area contributed by atoms with Crippen molar-refractivity contribution in [2.45, 2.75) is 0 Å². The van der Waals surface area contributed by atoms with Crippen LogP contribution < -0.4 is 5.32 Å². The van der Waals surface area contributed by atoms with Gasteiger partial charge in [-0.2, -0.15) is 0 Å². The number of carbonyl (C=O) groups excluding carboxylic acids is 1. The number of phenols is 1. The first-order valence-electron chi connectivity index (χ1n) is 6.03. The van der Waals surface area contributed by atoms with Crippen LogP contribution in [0.3, 0.4) is 0 Å². The fourth-order valence-corrected chi connectivity index (χ4v) is 2.52. The van der Waals surface area contributed by atoms with Crippen LogP contribution in [0, 0.1) is 10.1 Å². The molecule has 0 fully saturated rings. The molecule has 0 atom stereocenters. The Morgan fingerprint density at radius 2 is 2.26 bits per heavy atom. The van der Waals surface area contributed by atoms with Crippen LogP contribution >= 0.6 is 11.3 Å². The summed E-state index contributed by atoms with van der Waals surface area (Å²) in [4.78, 5) is 26.3. The van der Waals surface area contributed by atoms with Crippen molar-refractivity contribution in [3.05, 3.63) is 39.4 Å².